The van der Waals surface area contributed by atoms with Crippen LogP contribution in [0, 0.1) is 0 Å². The van der Waals surface area contributed by atoms with Crippen molar-refractivity contribution in [1.82, 2.24) is 15.1 Å². The van der Waals surface area contributed by atoms with Crippen LogP contribution in [-0.2, 0) is 27.8 Å². The topological polar surface area (TPSA) is 137 Å². The summed E-state index contributed by atoms with van der Waals surface area (Å²) >= 11 is 0. The summed E-state index contributed by atoms with van der Waals surface area (Å²) in [6.45, 7) is 0.303. The summed E-state index contributed by atoms with van der Waals surface area (Å²) in [6, 6.07) is 13.2. The van der Waals surface area contributed by atoms with Crippen molar-refractivity contribution in [3.05, 3.63) is 70.7 Å². The Morgan fingerprint density at radius 1 is 1.10 bits per heavy atom. The van der Waals surface area contributed by atoms with Gasteiger partial charge >= 0.3 is 5.63 Å². The molecule has 0 saturated carbocycles. The fourth-order valence-corrected chi connectivity index (χ4v) is 3.74. The van der Waals surface area contributed by atoms with Gasteiger partial charge in [0.05, 0.1) is 16.6 Å². The lowest BCUT2D eigenvalue weighted by molar-refractivity contribution is -0.121. The maximum absolute atomic E-state index is 12.4. The summed E-state index contributed by atoms with van der Waals surface area (Å²) in [4.78, 5) is 24.6. The SMILES string of the molecule is NS(=O)(=O)c1ccc(CCNC(=O)Cn2ncc3c(=O)oc4ccccc4c32)cc1. The van der Waals surface area contributed by atoms with E-state index >= 15 is 0 Å². The van der Waals surface area contributed by atoms with Gasteiger partial charge in [-0.25, -0.2) is 18.4 Å². The first-order chi connectivity index (χ1) is 14.3. The minimum Gasteiger partial charge on any atom is -0.422 e. The van der Waals surface area contributed by atoms with Gasteiger partial charge in [-0.3, -0.25) is 9.48 Å². The number of benzene rings is 2. The number of nitrogens with two attached hydrogens (primary N) is 1. The highest BCUT2D eigenvalue weighted by Gasteiger charge is 2.14. The quantitative estimate of drug-likeness (QED) is 0.444. The molecule has 4 aromatic rings. The van der Waals surface area contributed by atoms with Gasteiger partial charge in [-0.05, 0) is 36.2 Å². The van der Waals surface area contributed by atoms with Gasteiger partial charge in [0, 0.05) is 11.9 Å². The predicted molar refractivity (Wildman–Crippen MR) is 110 cm³/mol. The normalized spacial score (nSPS) is 11.8. The van der Waals surface area contributed by atoms with Crippen LogP contribution in [0.2, 0.25) is 0 Å². The first kappa shape index (κ1) is 19.8. The second kappa shape index (κ2) is 7.73. The summed E-state index contributed by atoms with van der Waals surface area (Å²) in [6.07, 6.45) is 1.91. The number of hydrogen-bond donors (Lipinski definition) is 2. The van der Waals surface area contributed by atoms with Crippen LogP contribution < -0.4 is 16.1 Å². The van der Waals surface area contributed by atoms with Crippen LogP contribution >= 0.6 is 0 Å². The second-order valence-electron chi connectivity index (χ2n) is 6.74. The van der Waals surface area contributed by atoms with Crippen molar-refractivity contribution in [2.75, 3.05) is 6.54 Å². The zero-order chi connectivity index (χ0) is 21.3. The fraction of sp³-hybridized carbons (Fsp3) is 0.150. The lowest BCUT2D eigenvalue weighted by Gasteiger charge is -2.08. The van der Waals surface area contributed by atoms with Crippen LogP contribution in [0.25, 0.3) is 21.9 Å². The van der Waals surface area contributed by atoms with Crippen LogP contribution in [-0.4, -0.2) is 30.7 Å². The van der Waals surface area contributed by atoms with E-state index in [0.717, 1.165) is 5.56 Å². The molecule has 2 heterocycles. The van der Waals surface area contributed by atoms with E-state index in [2.05, 4.69) is 10.4 Å². The summed E-state index contributed by atoms with van der Waals surface area (Å²) in [5, 5.41) is 13.1. The third kappa shape index (κ3) is 3.95. The number of aromatic nitrogens is 2. The minimum atomic E-state index is -3.73. The van der Waals surface area contributed by atoms with Gasteiger partial charge in [-0.2, -0.15) is 5.10 Å². The van der Waals surface area contributed by atoms with Crippen LogP contribution in [0.4, 0.5) is 0 Å². The number of carbonyl (C=O) groups excluding carboxylic acids is 1. The van der Waals surface area contributed by atoms with E-state index in [9.17, 15) is 18.0 Å². The molecule has 0 aliphatic heterocycles. The molecule has 0 bridgehead atoms. The molecule has 3 N–H and O–H groups in total. The van der Waals surface area contributed by atoms with Crippen LogP contribution in [0.3, 0.4) is 0 Å². The average molecular weight is 426 g/mol. The van der Waals surface area contributed by atoms with E-state index in [1.165, 1.54) is 23.0 Å². The molecule has 2 aromatic carbocycles. The molecule has 1 amide bonds. The van der Waals surface area contributed by atoms with E-state index < -0.39 is 15.6 Å². The molecule has 0 unspecified atom stereocenters. The Morgan fingerprint density at radius 2 is 1.83 bits per heavy atom. The van der Waals surface area contributed by atoms with Crippen molar-refractivity contribution in [2.45, 2.75) is 17.9 Å². The summed E-state index contributed by atoms with van der Waals surface area (Å²) in [5.74, 6) is -0.265. The summed E-state index contributed by atoms with van der Waals surface area (Å²) < 4.78 is 29.3. The average Bonchev–Trinajstić information content (AvgIpc) is 3.12. The van der Waals surface area contributed by atoms with Crippen LogP contribution in [0.1, 0.15) is 5.56 Å². The van der Waals surface area contributed by atoms with Crippen molar-refractivity contribution in [1.29, 1.82) is 0 Å². The molecule has 9 nitrogen and oxygen atoms in total. The van der Waals surface area contributed by atoms with E-state index in [0.29, 0.717) is 34.8 Å². The molecular weight excluding hydrogens is 408 g/mol. The van der Waals surface area contributed by atoms with Crippen molar-refractivity contribution in [3.63, 3.8) is 0 Å². The Kier molecular flexibility index (Phi) is 5.10. The molecule has 0 spiro atoms. The van der Waals surface area contributed by atoms with Crippen molar-refractivity contribution in [2.24, 2.45) is 5.14 Å². The van der Waals surface area contributed by atoms with Gasteiger partial charge in [0.25, 0.3) is 0 Å². The van der Waals surface area contributed by atoms with Gasteiger partial charge in [0.2, 0.25) is 15.9 Å². The third-order valence-corrected chi connectivity index (χ3v) is 5.61. The Bertz CT molecular complexity index is 1400. The monoisotopic (exact) mass is 426 g/mol. The number of nitrogens with zero attached hydrogens (tertiary/aromatic N) is 2. The van der Waals surface area contributed by atoms with Crippen molar-refractivity contribution < 1.29 is 17.6 Å². The summed E-state index contributed by atoms with van der Waals surface area (Å²) in [5.41, 5.74) is 1.34. The molecular formula is C20H18N4O5S. The maximum atomic E-state index is 12.4. The van der Waals surface area contributed by atoms with Crippen LogP contribution in [0.15, 0.2) is 68.8 Å². The van der Waals surface area contributed by atoms with E-state index in [-0.39, 0.29) is 17.3 Å². The smallest absolute Gasteiger partial charge is 0.347 e. The van der Waals surface area contributed by atoms with Gasteiger partial charge in [0.1, 0.15) is 17.5 Å². The zero-order valence-corrected chi connectivity index (χ0v) is 16.6. The number of carbonyl (C=O) groups is 1. The maximum Gasteiger partial charge on any atom is 0.347 e. The van der Waals surface area contributed by atoms with Gasteiger partial charge in [0.15, 0.2) is 0 Å². The predicted octanol–water partition coefficient (Wildman–Crippen LogP) is 1.15. The zero-order valence-electron chi connectivity index (χ0n) is 15.7. The number of primary sulfonamides is 1. The molecule has 0 aliphatic rings. The van der Waals surface area contributed by atoms with E-state index in [1.807, 2.05) is 12.1 Å². The number of hydrogen-bond acceptors (Lipinski definition) is 6. The van der Waals surface area contributed by atoms with Crippen LogP contribution in [0.5, 0.6) is 0 Å². The molecule has 30 heavy (non-hydrogen) atoms. The standard InChI is InChI=1S/C20H18N4O5S/c21-30(27,28)14-7-5-13(6-8-14)9-10-22-18(25)12-24-19-15-3-1-2-4-17(15)29-20(26)16(19)11-23-24/h1-8,11H,9-10,12H2,(H,22,25)(H2,21,27,28). The Morgan fingerprint density at radius 3 is 2.57 bits per heavy atom. The third-order valence-electron chi connectivity index (χ3n) is 4.69. The highest BCUT2D eigenvalue weighted by atomic mass is 32.2. The molecule has 0 atom stereocenters. The highest BCUT2D eigenvalue weighted by Crippen LogP contribution is 2.22. The lowest BCUT2D eigenvalue weighted by atomic mass is 10.1. The number of nitrogens with one attached hydrogen (secondary N) is 1. The molecule has 0 aliphatic carbocycles. The second-order valence-corrected chi connectivity index (χ2v) is 8.30. The Labute approximate surface area is 171 Å². The molecule has 4 rings (SSSR count). The molecule has 0 saturated heterocycles. The van der Waals surface area contributed by atoms with Gasteiger partial charge in [-0.1, -0.05) is 24.3 Å². The van der Waals surface area contributed by atoms with Crippen molar-refractivity contribution >= 4 is 37.8 Å². The largest absolute Gasteiger partial charge is 0.422 e. The molecule has 0 fully saturated rings. The van der Waals surface area contributed by atoms with Crippen molar-refractivity contribution in [3.8, 4) is 0 Å². The number of para-hydroxylation sites is 1. The fourth-order valence-electron chi connectivity index (χ4n) is 3.23. The lowest BCUT2D eigenvalue weighted by Crippen LogP contribution is -2.29. The molecule has 0 radical (unpaired) electrons. The first-order valence-corrected chi connectivity index (χ1v) is 10.6. The summed E-state index contributed by atoms with van der Waals surface area (Å²) in [7, 11) is -3.73. The van der Waals surface area contributed by atoms with E-state index in [4.69, 9.17) is 9.56 Å². The minimum absolute atomic E-state index is 0.0394. The highest BCUT2D eigenvalue weighted by molar-refractivity contribution is 7.89. The molecule has 10 heteroatoms. The number of sulfonamides is 1. The number of fused-ring (bicyclic) bond motifs is 3. The number of amides is 1. The number of rotatable bonds is 6. The first-order valence-electron chi connectivity index (χ1n) is 9.09. The molecule has 2 aromatic heterocycles. The Hall–Kier alpha value is -3.50. The van der Waals surface area contributed by atoms with Gasteiger partial charge < -0.3 is 9.73 Å². The van der Waals surface area contributed by atoms with E-state index in [1.54, 1.807) is 24.3 Å². The van der Waals surface area contributed by atoms with Gasteiger partial charge in [-0.15, -0.1) is 0 Å². The molecule has 154 valence electrons. The Balaban J connectivity index is 1.45.